The highest BCUT2D eigenvalue weighted by Crippen LogP contribution is 2.31. The molecule has 2 aromatic carbocycles. The second-order valence-electron chi connectivity index (χ2n) is 6.01. The lowest BCUT2D eigenvalue weighted by Crippen LogP contribution is -2.48. The van der Waals surface area contributed by atoms with Gasteiger partial charge in [0, 0.05) is 16.8 Å². The number of piperidine rings is 1. The zero-order valence-corrected chi connectivity index (χ0v) is 15.4. The van der Waals surface area contributed by atoms with Gasteiger partial charge in [-0.3, -0.25) is 0 Å². The first-order valence-electron chi connectivity index (χ1n) is 7.81. The summed E-state index contributed by atoms with van der Waals surface area (Å²) in [7, 11) is -1.99. The van der Waals surface area contributed by atoms with Crippen molar-refractivity contribution < 1.29 is 13.2 Å². The minimum Gasteiger partial charge on any atom is -0.496 e. The normalized spacial score (nSPS) is 21.2. The smallest absolute Gasteiger partial charge is 0.241 e. The summed E-state index contributed by atoms with van der Waals surface area (Å²) in [5.74, 6) is 0.942. The van der Waals surface area contributed by atoms with Crippen LogP contribution in [0.5, 0.6) is 5.75 Å². The predicted molar refractivity (Wildman–Crippen MR) is 98.5 cm³/mol. The molecule has 132 valence electrons. The summed E-state index contributed by atoms with van der Waals surface area (Å²) in [4.78, 5) is 0.305. The molecule has 5 nitrogen and oxygen atoms in total. The molecule has 1 heterocycles. The van der Waals surface area contributed by atoms with Crippen molar-refractivity contribution in [3.05, 3.63) is 36.4 Å². The van der Waals surface area contributed by atoms with Crippen LogP contribution in [0.15, 0.2) is 41.3 Å². The van der Waals surface area contributed by atoms with E-state index in [1.165, 1.54) is 0 Å². The van der Waals surface area contributed by atoms with Crippen molar-refractivity contribution in [2.45, 2.75) is 24.3 Å². The van der Waals surface area contributed by atoms with Crippen LogP contribution in [0.4, 0.5) is 0 Å². The summed E-state index contributed by atoms with van der Waals surface area (Å²) >= 11 is 0. The fourth-order valence-electron chi connectivity index (χ4n) is 3.11. The summed E-state index contributed by atoms with van der Waals surface area (Å²) < 4.78 is 34.0. The SMILES string of the molecule is COc1ccc(S(=O)(=O)NC2CCNCC2C)c2ccccc12.Cl. The Bertz CT molecular complexity index is 811. The standard InChI is InChI=1S/C17H22N2O3S.ClH/c1-12-11-18-10-9-15(12)19-23(20,21)17-8-7-16(22-2)13-5-3-4-6-14(13)17;/h3-8,12,15,18-19H,9-11H2,1-2H3;1H. The van der Waals surface area contributed by atoms with Crippen LogP contribution in [-0.4, -0.2) is 34.7 Å². The molecule has 0 bridgehead atoms. The molecule has 2 atom stereocenters. The van der Waals surface area contributed by atoms with Crippen LogP contribution < -0.4 is 14.8 Å². The number of benzene rings is 2. The highest BCUT2D eigenvalue weighted by Gasteiger charge is 2.27. The van der Waals surface area contributed by atoms with Crippen LogP contribution in [0.2, 0.25) is 0 Å². The van der Waals surface area contributed by atoms with E-state index in [0.29, 0.717) is 16.0 Å². The molecular weight excluding hydrogens is 348 g/mol. The molecule has 2 aromatic rings. The van der Waals surface area contributed by atoms with Crippen LogP contribution in [0.1, 0.15) is 13.3 Å². The van der Waals surface area contributed by atoms with Gasteiger partial charge in [0.2, 0.25) is 10.0 Å². The third-order valence-electron chi connectivity index (χ3n) is 4.45. The molecule has 7 heteroatoms. The van der Waals surface area contributed by atoms with Gasteiger partial charge in [-0.1, -0.05) is 31.2 Å². The Morgan fingerprint density at radius 2 is 1.88 bits per heavy atom. The molecule has 0 aliphatic carbocycles. The van der Waals surface area contributed by atoms with Crippen LogP contribution in [-0.2, 0) is 10.0 Å². The topological polar surface area (TPSA) is 67.4 Å². The summed E-state index contributed by atoms with van der Waals surface area (Å²) in [5.41, 5.74) is 0. The van der Waals surface area contributed by atoms with Gasteiger partial charge in [-0.2, -0.15) is 0 Å². The van der Waals surface area contributed by atoms with E-state index < -0.39 is 10.0 Å². The number of nitrogens with one attached hydrogen (secondary N) is 2. The lowest BCUT2D eigenvalue weighted by atomic mass is 9.97. The van der Waals surface area contributed by atoms with Gasteiger partial charge in [-0.25, -0.2) is 13.1 Å². The summed E-state index contributed by atoms with van der Waals surface area (Å²) in [6.45, 7) is 3.73. The Kier molecular flexibility index (Phi) is 6.09. The molecule has 1 aliphatic rings. The number of hydrogen-bond donors (Lipinski definition) is 2. The number of rotatable bonds is 4. The van der Waals surface area contributed by atoms with E-state index in [1.54, 1.807) is 19.2 Å². The number of halogens is 1. The van der Waals surface area contributed by atoms with E-state index in [-0.39, 0.29) is 24.4 Å². The molecule has 1 saturated heterocycles. The lowest BCUT2D eigenvalue weighted by Gasteiger charge is -2.30. The van der Waals surface area contributed by atoms with Crippen molar-refractivity contribution >= 4 is 33.2 Å². The van der Waals surface area contributed by atoms with Crippen molar-refractivity contribution in [2.24, 2.45) is 5.92 Å². The molecule has 2 N–H and O–H groups in total. The molecule has 3 rings (SSSR count). The number of sulfonamides is 1. The summed E-state index contributed by atoms with van der Waals surface area (Å²) in [6, 6.07) is 10.7. The Hall–Kier alpha value is -1.34. The maximum Gasteiger partial charge on any atom is 0.241 e. The molecule has 0 spiro atoms. The van der Waals surface area contributed by atoms with Gasteiger partial charge in [-0.05, 0) is 37.6 Å². The fourth-order valence-corrected chi connectivity index (χ4v) is 4.70. The zero-order chi connectivity index (χ0) is 16.4. The van der Waals surface area contributed by atoms with Crippen molar-refractivity contribution in [3.63, 3.8) is 0 Å². The first-order chi connectivity index (χ1) is 11.0. The van der Waals surface area contributed by atoms with E-state index in [9.17, 15) is 8.42 Å². The van der Waals surface area contributed by atoms with Gasteiger partial charge < -0.3 is 10.1 Å². The molecule has 1 fully saturated rings. The van der Waals surface area contributed by atoms with Gasteiger partial charge >= 0.3 is 0 Å². The van der Waals surface area contributed by atoms with E-state index in [2.05, 4.69) is 17.0 Å². The maximum atomic E-state index is 12.9. The maximum absolute atomic E-state index is 12.9. The Balaban J connectivity index is 0.00000208. The molecule has 2 unspecified atom stereocenters. The number of fused-ring (bicyclic) bond motifs is 1. The van der Waals surface area contributed by atoms with Crippen LogP contribution in [0, 0.1) is 5.92 Å². The van der Waals surface area contributed by atoms with Crippen molar-refractivity contribution in [2.75, 3.05) is 20.2 Å². The summed E-state index contributed by atoms with van der Waals surface area (Å²) in [6.07, 6.45) is 0.800. The average molecular weight is 371 g/mol. The highest BCUT2D eigenvalue weighted by atomic mass is 35.5. The van der Waals surface area contributed by atoms with Gasteiger partial charge in [0.25, 0.3) is 0 Å². The van der Waals surface area contributed by atoms with Gasteiger partial charge in [0.1, 0.15) is 5.75 Å². The summed E-state index contributed by atoms with van der Waals surface area (Å²) in [5, 5.41) is 4.77. The molecule has 0 saturated carbocycles. The minimum absolute atomic E-state index is 0. The van der Waals surface area contributed by atoms with E-state index in [1.807, 2.05) is 24.3 Å². The van der Waals surface area contributed by atoms with Gasteiger partial charge in [0.05, 0.1) is 12.0 Å². The first-order valence-corrected chi connectivity index (χ1v) is 9.30. The fraction of sp³-hybridized carbons (Fsp3) is 0.412. The molecule has 24 heavy (non-hydrogen) atoms. The van der Waals surface area contributed by atoms with Gasteiger partial charge in [-0.15, -0.1) is 12.4 Å². The van der Waals surface area contributed by atoms with Gasteiger partial charge in [0.15, 0.2) is 0 Å². The number of methoxy groups -OCH3 is 1. The molecule has 0 radical (unpaired) electrons. The van der Waals surface area contributed by atoms with Crippen molar-refractivity contribution in [1.82, 2.24) is 10.0 Å². The first kappa shape index (κ1) is 19.0. The quantitative estimate of drug-likeness (QED) is 0.867. The van der Waals surface area contributed by atoms with E-state index in [4.69, 9.17) is 4.74 Å². The largest absolute Gasteiger partial charge is 0.496 e. The van der Waals surface area contributed by atoms with Crippen LogP contribution in [0.3, 0.4) is 0 Å². The third kappa shape index (κ3) is 3.67. The lowest BCUT2D eigenvalue weighted by molar-refractivity contribution is 0.328. The predicted octanol–water partition coefficient (Wildman–Crippen LogP) is 2.55. The van der Waals surface area contributed by atoms with Crippen molar-refractivity contribution in [3.8, 4) is 5.75 Å². The molecule has 1 aliphatic heterocycles. The molecule has 0 aromatic heterocycles. The zero-order valence-electron chi connectivity index (χ0n) is 13.8. The van der Waals surface area contributed by atoms with E-state index >= 15 is 0 Å². The minimum atomic E-state index is -3.58. The Morgan fingerprint density at radius 1 is 1.17 bits per heavy atom. The second kappa shape index (κ2) is 7.70. The Labute approximate surface area is 149 Å². The van der Waals surface area contributed by atoms with Crippen LogP contribution in [0.25, 0.3) is 10.8 Å². The second-order valence-corrected chi connectivity index (χ2v) is 7.69. The third-order valence-corrected chi connectivity index (χ3v) is 5.99. The average Bonchev–Trinajstić information content (AvgIpc) is 2.55. The molecule has 0 amide bonds. The Morgan fingerprint density at radius 3 is 2.54 bits per heavy atom. The van der Waals surface area contributed by atoms with E-state index in [0.717, 1.165) is 24.9 Å². The van der Waals surface area contributed by atoms with Crippen LogP contribution >= 0.6 is 12.4 Å². The number of hydrogen-bond acceptors (Lipinski definition) is 4. The monoisotopic (exact) mass is 370 g/mol. The highest BCUT2D eigenvalue weighted by molar-refractivity contribution is 7.89. The van der Waals surface area contributed by atoms with Crippen molar-refractivity contribution in [1.29, 1.82) is 0 Å². The molecular formula is C17H23ClN2O3S. The number of ether oxygens (including phenoxy) is 1.